The number of nitrogens with zero attached hydrogens (tertiary/aromatic N) is 1. The van der Waals surface area contributed by atoms with E-state index in [1.807, 2.05) is 0 Å². The van der Waals surface area contributed by atoms with Gasteiger partial charge in [0.05, 0.1) is 0 Å². The Kier molecular flexibility index (Phi) is 3.52. The molecule has 0 radical (unpaired) electrons. The summed E-state index contributed by atoms with van der Waals surface area (Å²) in [7, 11) is 0. The van der Waals surface area contributed by atoms with Crippen molar-refractivity contribution in [3.05, 3.63) is 0 Å². The molecule has 0 aromatic carbocycles. The molecular formula is C13H28N2. The van der Waals surface area contributed by atoms with E-state index in [9.17, 15) is 0 Å². The summed E-state index contributed by atoms with van der Waals surface area (Å²) in [5, 5.41) is 0. The molecule has 0 aromatic heterocycles. The van der Waals surface area contributed by atoms with Crippen LogP contribution in [0.4, 0.5) is 0 Å². The van der Waals surface area contributed by atoms with Gasteiger partial charge in [-0.15, -0.1) is 0 Å². The minimum Gasteiger partial charge on any atom is -0.325 e. The highest BCUT2D eigenvalue weighted by atomic mass is 15.2. The number of hydrogen-bond acceptors (Lipinski definition) is 2. The van der Waals surface area contributed by atoms with E-state index in [0.717, 1.165) is 18.4 Å². The van der Waals surface area contributed by atoms with Crippen LogP contribution in [0.15, 0.2) is 0 Å². The lowest BCUT2D eigenvalue weighted by Gasteiger charge is -2.41. The lowest BCUT2D eigenvalue weighted by molar-refractivity contribution is 0.126. The molecular weight excluding hydrogens is 184 g/mol. The van der Waals surface area contributed by atoms with Crippen molar-refractivity contribution in [3.63, 3.8) is 0 Å². The van der Waals surface area contributed by atoms with E-state index < -0.39 is 0 Å². The monoisotopic (exact) mass is 212 g/mol. The van der Waals surface area contributed by atoms with Crippen LogP contribution in [0.3, 0.4) is 0 Å². The van der Waals surface area contributed by atoms with Crippen LogP contribution in [0, 0.1) is 17.3 Å². The van der Waals surface area contributed by atoms with Gasteiger partial charge in [-0.05, 0) is 31.1 Å². The van der Waals surface area contributed by atoms with Crippen molar-refractivity contribution < 1.29 is 0 Å². The Bertz CT molecular complexity index is 205. The van der Waals surface area contributed by atoms with Gasteiger partial charge in [-0.3, -0.25) is 0 Å². The maximum absolute atomic E-state index is 6.23. The molecule has 1 aliphatic rings. The molecule has 1 saturated heterocycles. The van der Waals surface area contributed by atoms with Crippen LogP contribution >= 0.6 is 0 Å². The molecule has 0 amide bonds. The molecule has 2 atom stereocenters. The first kappa shape index (κ1) is 13.0. The molecule has 0 bridgehead atoms. The second-order valence-corrected chi connectivity index (χ2v) is 6.75. The average molecular weight is 212 g/mol. The molecule has 1 fully saturated rings. The zero-order chi connectivity index (χ0) is 11.9. The van der Waals surface area contributed by atoms with Crippen LogP contribution in [0.25, 0.3) is 0 Å². The summed E-state index contributed by atoms with van der Waals surface area (Å²) in [4.78, 5) is 2.57. The fourth-order valence-electron chi connectivity index (χ4n) is 2.14. The summed E-state index contributed by atoms with van der Waals surface area (Å²) in [6.45, 7) is 17.1. The van der Waals surface area contributed by atoms with Crippen molar-refractivity contribution in [3.8, 4) is 0 Å². The topological polar surface area (TPSA) is 29.3 Å². The standard InChI is InChI=1S/C13H28N2/c1-10-7-15(8-11(10)2)9-12(3,4)13(5,6)14/h10-11H,7-9,14H2,1-6H3. The van der Waals surface area contributed by atoms with Gasteiger partial charge in [0.2, 0.25) is 0 Å². The Morgan fingerprint density at radius 2 is 1.47 bits per heavy atom. The Morgan fingerprint density at radius 1 is 1.07 bits per heavy atom. The summed E-state index contributed by atoms with van der Waals surface area (Å²) in [5.74, 6) is 1.67. The predicted octanol–water partition coefficient (Wildman–Crippen LogP) is 2.34. The van der Waals surface area contributed by atoms with Crippen LogP contribution in [0.1, 0.15) is 41.5 Å². The van der Waals surface area contributed by atoms with Gasteiger partial charge < -0.3 is 10.6 Å². The fraction of sp³-hybridized carbons (Fsp3) is 1.00. The van der Waals surface area contributed by atoms with Crippen LogP contribution < -0.4 is 5.73 Å². The Hall–Kier alpha value is -0.0800. The maximum atomic E-state index is 6.23. The van der Waals surface area contributed by atoms with Gasteiger partial charge in [0.1, 0.15) is 0 Å². The smallest absolute Gasteiger partial charge is 0.0161 e. The summed E-state index contributed by atoms with van der Waals surface area (Å²) in [6, 6.07) is 0. The highest BCUT2D eigenvalue weighted by molar-refractivity contribution is 4.94. The van der Waals surface area contributed by atoms with Crippen molar-refractivity contribution in [2.24, 2.45) is 23.0 Å². The molecule has 2 heteroatoms. The third-order valence-electron chi connectivity index (χ3n) is 4.43. The quantitative estimate of drug-likeness (QED) is 0.778. The number of nitrogens with two attached hydrogens (primary N) is 1. The lowest BCUT2D eigenvalue weighted by atomic mass is 9.75. The molecule has 0 aromatic rings. The Morgan fingerprint density at radius 3 is 1.80 bits per heavy atom. The molecule has 2 unspecified atom stereocenters. The molecule has 0 aliphatic carbocycles. The van der Waals surface area contributed by atoms with E-state index in [0.29, 0.717) is 0 Å². The summed E-state index contributed by atoms with van der Waals surface area (Å²) >= 11 is 0. The van der Waals surface area contributed by atoms with E-state index in [4.69, 9.17) is 5.73 Å². The van der Waals surface area contributed by atoms with Crippen LogP contribution in [0.2, 0.25) is 0 Å². The van der Waals surface area contributed by atoms with Gasteiger partial charge in [-0.1, -0.05) is 27.7 Å². The SMILES string of the molecule is CC1CN(CC(C)(C)C(C)(C)N)CC1C. The third kappa shape index (κ3) is 2.94. The Labute approximate surface area is 95.2 Å². The Balaban J connectivity index is 2.56. The van der Waals surface area contributed by atoms with E-state index in [1.165, 1.54) is 13.1 Å². The van der Waals surface area contributed by atoms with Crippen LogP contribution in [0.5, 0.6) is 0 Å². The first-order valence-electron chi connectivity index (χ1n) is 6.15. The molecule has 0 spiro atoms. The van der Waals surface area contributed by atoms with E-state index in [1.54, 1.807) is 0 Å². The van der Waals surface area contributed by atoms with Gasteiger partial charge in [0.15, 0.2) is 0 Å². The lowest BCUT2D eigenvalue weighted by Crippen LogP contribution is -2.52. The van der Waals surface area contributed by atoms with Crippen molar-refractivity contribution in [1.29, 1.82) is 0 Å². The van der Waals surface area contributed by atoms with Crippen molar-refractivity contribution in [2.45, 2.75) is 47.1 Å². The van der Waals surface area contributed by atoms with Gasteiger partial charge in [-0.2, -0.15) is 0 Å². The molecule has 1 rings (SSSR count). The van der Waals surface area contributed by atoms with Crippen molar-refractivity contribution in [2.75, 3.05) is 19.6 Å². The second-order valence-electron chi connectivity index (χ2n) is 6.75. The van der Waals surface area contributed by atoms with Gasteiger partial charge in [-0.25, -0.2) is 0 Å². The van der Waals surface area contributed by atoms with E-state index in [2.05, 4.69) is 46.4 Å². The minimum absolute atomic E-state index is 0.109. The molecule has 0 saturated carbocycles. The maximum Gasteiger partial charge on any atom is 0.0161 e. The predicted molar refractivity (Wildman–Crippen MR) is 66.8 cm³/mol. The fourth-order valence-corrected chi connectivity index (χ4v) is 2.14. The number of rotatable bonds is 3. The first-order chi connectivity index (χ1) is 6.63. The molecule has 15 heavy (non-hydrogen) atoms. The molecule has 2 nitrogen and oxygen atoms in total. The highest BCUT2D eigenvalue weighted by Crippen LogP contribution is 2.32. The van der Waals surface area contributed by atoms with Crippen molar-refractivity contribution in [1.82, 2.24) is 4.90 Å². The second kappa shape index (κ2) is 4.06. The summed E-state index contributed by atoms with van der Waals surface area (Å²) < 4.78 is 0. The normalized spacial score (nSPS) is 29.8. The highest BCUT2D eigenvalue weighted by Gasteiger charge is 2.37. The molecule has 90 valence electrons. The number of hydrogen-bond donors (Lipinski definition) is 1. The number of likely N-dealkylation sites (tertiary alicyclic amines) is 1. The average Bonchev–Trinajstić information content (AvgIpc) is 2.27. The molecule has 2 N–H and O–H groups in total. The summed E-state index contributed by atoms with van der Waals surface area (Å²) in [5.41, 5.74) is 6.30. The summed E-state index contributed by atoms with van der Waals surface area (Å²) in [6.07, 6.45) is 0. The van der Waals surface area contributed by atoms with Crippen molar-refractivity contribution >= 4 is 0 Å². The van der Waals surface area contributed by atoms with E-state index in [-0.39, 0.29) is 11.0 Å². The van der Waals surface area contributed by atoms with Crippen LogP contribution in [-0.4, -0.2) is 30.1 Å². The molecule has 1 aliphatic heterocycles. The molecule has 1 heterocycles. The van der Waals surface area contributed by atoms with Gasteiger partial charge in [0, 0.05) is 25.2 Å². The van der Waals surface area contributed by atoms with Gasteiger partial charge >= 0.3 is 0 Å². The van der Waals surface area contributed by atoms with E-state index >= 15 is 0 Å². The van der Waals surface area contributed by atoms with Crippen LogP contribution in [-0.2, 0) is 0 Å². The van der Waals surface area contributed by atoms with Gasteiger partial charge in [0.25, 0.3) is 0 Å². The first-order valence-corrected chi connectivity index (χ1v) is 6.15. The minimum atomic E-state index is -0.109. The third-order valence-corrected chi connectivity index (χ3v) is 4.43. The largest absolute Gasteiger partial charge is 0.325 e. The zero-order valence-electron chi connectivity index (χ0n) is 11.3. The zero-order valence-corrected chi connectivity index (χ0v) is 11.3.